The Morgan fingerprint density at radius 3 is 2.10 bits per heavy atom. The van der Waals surface area contributed by atoms with Crippen LogP contribution in [0.1, 0.15) is 132 Å². The third kappa shape index (κ3) is 3.36. The lowest BCUT2D eigenvalue weighted by Gasteiger charge is -2.67. The number of rotatable bonds is 5. The van der Waals surface area contributed by atoms with Gasteiger partial charge in [0, 0.05) is 0 Å². The molecule has 0 aromatic heterocycles. The molecule has 4 fully saturated rings. The third-order valence-electron chi connectivity index (χ3n) is 12.4. The van der Waals surface area contributed by atoms with Gasteiger partial charge in [0.15, 0.2) is 0 Å². The Hall–Kier alpha value is 0. The largest absolute Gasteiger partial charge is 0.0628 e. The van der Waals surface area contributed by atoms with Crippen LogP contribution in [0.25, 0.3) is 0 Å². The minimum Gasteiger partial charge on any atom is -0.0628 e. The molecule has 8 atom stereocenters. The second-order valence-corrected chi connectivity index (χ2v) is 14.5. The lowest BCUT2D eigenvalue weighted by molar-refractivity contribution is -0.179. The van der Waals surface area contributed by atoms with Crippen LogP contribution in [0.2, 0.25) is 0 Å². The highest BCUT2D eigenvalue weighted by molar-refractivity contribution is 5.15. The van der Waals surface area contributed by atoms with Gasteiger partial charge in [-0.25, -0.2) is 0 Å². The summed E-state index contributed by atoms with van der Waals surface area (Å²) in [5.74, 6) is 5.74. The van der Waals surface area contributed by atoms with Gasteiger partial charge in [0.05, 0.1) is 0 Å². The predicted octanol–water partition coefficient (Wildman–Crippen LogP) is 9.52. The average Bonchev–Trinajstić information content (AvgIpc) is 2.92. The highest BCUT2D eigenvalue weighted by Crippen LogP contribution is 2.74. The summed E-state index contributed by atoms with van der Waals surface area (Å²) in [5.41, 5.74) is 2.39. The molecule has 30 heavy (non-hydrogen) atoms. The Kier molecular flexibility index (Phi) is 6.02. The molecule has 0 aliphatic heterocycles. The van der Waals surface area contributed by atoms with E-state index < -0.39 is 0 Å². The molecule has 0 heterocycles. The quantitative estimate of drug-likeness (QED) is 0.420. The van der Waals surface area contributed by atoms with E-state index in [1.807, 2.05) is 0 Å². The Morgan fingerprint density at radius 1 is 0.700 bits per heavy atom. The van der Waals surface area contributed by atoms with Crippen LogP contribution in [0, 0.1) is 57.2 Å². The molecule has 0 heteroatoms. The molecule has 0 radical (unpaired) electrons. The van der Waals surface area contributed by atoms with Crippen molar-refractivity contribution in [2.24, 2.45) is 57.2 Å². The maximum atomic E-state index is 2.78. The van der Waals surface area contributed by atoms with Gasteiger partial charge < -0.3 is 0 Å². The summed E-state index contributed by atoms with van der Waals surface area (Å²) in [5, 5.41) is 0. The van der Waals surface area contributed by atoms with Crippen LogP contribution in [-0.2, 0) is 0 Å². The van der Waals surface area contributed by atoms with E-state index >= 15 is 0 Å². The molecular formula is C30H54. The highest BCUT2D eigenvalue weighted by atomic mass is 14.7. The Bertz CT molecular complexity index is 616. The first-order valence-corrected chi connectivity index (χ1v) is 14.0. The molecule has 0 saturated heterocycles. The maximum Gasteiger partial charge on any atom is -0.0238 e. The second kappa shape index (κ2) is 7.80. The Labute approximate surface area is 189 Å². The van der Waals surface area contributed by atoms with Crippen molar-refractivity contribution in [2.75, 3.05) is 0 Å². The first-order valence-electron chi connectivity index (χ1n) is 14.0. The average molecular weight is 415 g/mol. The molecule has 4 saturated carbocycles. The van der Waals surface area contributed by atoms with E-state index in [1.54, 1.807) is 0 Å². The van der Waals surface area contributed by atoms with Crippen molar-refractivity contribution in [3.63, 3.8) is 0 Å². The van der Waals surface area contributed by atoms with E-state index in [0.29, 0.717) is 21.7 Å². The first kappa shape index (κ1) is 23.2. The topological polar surface area (TPSA) is 0 Å². The zero-order valence-electron chi connectivity index (χ0n) is 21.9. The van der Waals surface area contributed by atoms with E-state index in [0.717, 1.165) is 35.5 Å². The maximum absolute atomic E-state index is 2.78. The smallest absolute Gasteiger partial charge is 0.0238 e. The van der Waals surface area contributed by atoms with E-state index in [2.05, 4.69) is 55.4 Å². The fourth-order valence-electron chi connectivity index (χ4n) is 10.6. The summed E-state index contributed by atoms with van der Waals surface area (Å²) in [4.78, 5) is 0. The van der Waals surface area contributed by atoms with Crippen molar-refractivity contribution in [1.82, 2.24) is 0 Å². The van der Waals surface area contributed by atoms with Gasteiger partial charge in [-0.1, -0.05) is 81.1 Å². The lowest BCUT2D eigenvalue weighted by atomic mass is 9.38. The molecule has 4 aliphatic rings. The lowest BCUT2D eigenvalue weighted by Crippen LogP contribution is -2.59. The van der Waals surface area contributed by atoms with Crippen LogP contribution in [0.4, 0.5) is 0 Å². The van der Waals surface area contributed by atoms with Crippen molar-refractivity contribution in [1.29, 1.82) is 0 Å². The summed E-state index contributed by atoms with van der Waals surface area (Å²) in [6.45, 7) is 20.9. The zero-order chi connectivity index (χ0) is 21.9. The minimum atomic E-state index is 0.572. The van der Waals surface area contributed by atoms with E-state index in [9.17, 15) is 0 Å². The minimum absolute atomic E-state index is 0.572. The van der Waals surface area contributed by atoms with Crippen molar-refractivity contribution in [3.05, 3.63) is 0 Å². The van der Waals surface area contributed by atoms with Crippen LogP contribution in [0.3, 0.4) is 0 Å². The van der Waals surface area contributed by atoms with Crippen molar-refractivity contribution in [3.8, 4) is 0 Å². The van der Waals surface area contributed by atoms with Gasteiger partial charge in [-0.2, -0.15) is 0 Å². The summed E-state index contributed by atoms with van der Waals surface area (Å²) in [7, 11) is 0. The molecule has 0 spiro atoms. The fraction of sp³-hybridized carbons (Fsp3) is 1.00. The molecule has 0 amide bonds. The summed E-state index contributed by atoms with van der Waals surface area (Å²) < 4.78 is 0. The van der Waals surface area contributed by atoms with Crippen molar-refractivity contribution < 1.29 is 0 Å². The van der Waals surface area contributed by atoms with Crippen molar-refractivity contribution in [2.45, 2.75) is 132 Å². The molecule has 0 nitrogen and oxygen atoms in total. The summed E-state index contributed by atoms with van der Waals surface area (Å²) in [6.07, 6.45) is 18.0. The molecule has 4 rings (SSSR count). The Morgan fingerprint density at radius 2 is 1.40 bits per heavy atom. The zero-order valence-corrected chi connectivity index (χ0v) is 21.9. The molecule has 174 valence electrons. The molecule has 0 aromatic rings. The molecule has 0 N–H and O–H groups in total. The second-order valence-electron chi connectivity index (χ2n) is 14.5. The predicted molar refractivity (Wildman–Crippen MR) is 131 cm³/mol. The van der Waals surface area contributed by atoms with Gasteiger partial charge in [-0.15, -0.1) is 0 Å². The monoisotopic (exact) mass is 414 g/mol. The number of hydrogen-bond donors (Lipinski definition) is 0. The van der Waals surface area contributed by atoms with Gasteiger partial charge in [0.2, 0.25) is 0 Å². The van der Waals surface area contributed by atoms with E-state index in [-0.39, 0.29) is 0 Å². The van der Waals surface area contributed by atoms with Crippen molar-refractivity contribution >= 4 is 0 Å². The molecule has 0 unspecified atom stereocenters. The van der Waals surface area contributed by atoms with Crippen LogP contribution in [-0.4, -0.2) is 0 Å². The van der Waals surface area contributed by atoms with Gasteiger partial charge in [-0.05, 0) is 109 Å². The van der Waals surface area contributed by atoms with Gasteiger partial charge in [-0.3, -0.25) is 0 Å². The highest BCUT2D eigenvalue weighted by Gasteiger charge is 2.66. The molecule has 4 aliphatic carbocycles. The van der Waals surface area contributed by atoms with Gasteiger partial charge in [0.25, 0.3) is 0 Å². The van der Waals surface area contributed by atoms with Crippen LogP contribution in [0.5, 0.6) is 0 Å². The van der Waals surface area contributed by atoms with E-state index in [4.69, 9.17) is 0 Å². The molecule has 0 aromatic carbocycles. The van der Waals surface area contributed by atoms with Gasteiger partial charge >= 0.3 is 0 Å². The third-order valence-corrected chi connectivity index (χ3v) is 12.4. The molecular weight excluding hydrogens is 360 g/mol. The number of fused-ring (bicyclic) bond motifs is 5. The van der Waals surface area contributed by atoms with Crippen LogP contribution >= 0.6 is 0 Å². The normalized spacial score (nSPS) is 48.7. The van der Waals surface area contributed by atoms with Crippen LogP contribution < -0.4 is 0 Å². The van der Waals surface area contributed by atoms with Crippen LogP contribution in [0.15, 0.2) is 0 Å². The summed E-state index contributed by atoms with van der Waals surface area (Å²) >= 11 is 0. The summed E-state index contributed by atoms with van der Waals surface area (Å²) in [6, 6.07) is 0. The first-order chi connectivity index (χ1) is 14.0. The Balaban J connectivity index is 1.55. The molecule has 0 bridgehead atoms. The SMILES string of the molecule is CC(C)CCC[C@@H](C)[C@@H]1CC[C@]2(C)[C@@H]3CC[C@H]4C(C)(C)CCC[C@]4(C)[C@H]3CC[C@@]12C. The van der Waals surface area contributed by atoms with Gasteiger partial charge in [0.1, 0.15) is 0 Å². The fourth-order valence-corrected chi connectivity index (χ4v) is 10.6. The van der Waals surface area contributed by atoms with E-state index in [1.165, 1.54) is 77.0 Å². The standard InChI is InChI=1S/C30H54/c1-21(2)11-9-12-22(3)23-15-19-30(8)25-13-14-26-27(4,5)17-10-18-28(26,6)24(25)16-20-29(23,30)7/h21-26H,9-20H2,1-8H3/t22-,23+,24+,25-,26+,28-,29+,30-/m1/s1. The number of hydrogen-bond acceptors (Lipinski definition) is 0.